The molecule has 0 radical (unpaired) electrons. The average Bonchev–Trinajstić information content (AvgIpc) is 3.07. The number of ether oxygens (including phenoxy) is 1. The number of H-pyrrole nitrogens is 1. The van der Waals surface area contributed by atoms with E-state index in [1.165, 1.54) is 0 Å². The number of benzene rings is 2. The second-order valence-corrected chi connectivity index (χ2v) is 8.18. The topological polar surface area (TPSA) is 88.1 Å². The SMILES string of the molecule is O=C(O)c1nn[nH]c1OCc1ccc(-c2ccc(S(F)(F)(F)(F)F)cc2)cc1. The van der Waals surface area contributed by atoms with Crippen LogP contribution in [0.15, 0.2) is 53.4 Å². The number of carboxylic acids is 1. The van der Waals surface area contributed by atoms with E-state index in [9.17, 15) is 24.2 Å². The zero-order valence-corrected chi connectivity index (χ0v) is 14.6. The molecule has 1 aromatic heterocycles. The van der Waals surface area contributed by atoms with Gasteiger partial charge in [-0.25, -0.2) is 9.89 Å². The summed E-state index contributed by atoms with van der Waals surface area (Å²) in [5.74, 6) is -1.43. The smallest absolute Gasteiger partial charge is 0.362 e. The van der Waals surface area contributed by atoms with Crippen LogP contribution in [0.2, 0.25) is 0 Å². The molecule has 12 heteroatoms. The monoisotopic (exact) mass is 421 g/mol. The first-order valence-corrected chi connectivity index (χ1v) is 9.49. The van der Waals surface area contributed by atoms with E-state index in [2.05, 4.69) is 15.4 Å². The molecule has 3 rings (SSSR count). The summed E-state index contributed by atoms with van der Waals surface area (Å²) in [6.45, 7) is -0.0203. The van der Waals surface area contributed by atoms with Crippen molar-refractivity contribution in [1.29, 1.82) is 0 Å². The van der Waals surface area contributed by atoms with Crippen molar-refractivity contribution in [3.05, 3.63) is 59.8 Å². The fourth-order valence-electron chi connectivity index (χ4n) is 2.31. The third-order valence-electron chi connectivity index (χ3n) is 3.69. The zero-order chi connectivity index (χ0) is 20.6. The van der Waals surface area contributed by atoms with Crippen LogP contribution in [0.4, 0.5) is 19.4 Å². The number of aromatic carboxylic acids is 1. The van der Waals surface area contributed by atoms with E-state index in [0.29, 0.717) is 28.8 Å². The Labute approximate surface area is 154 Å². The summed E-state index contributed by atoms with van der Waals surface area (Å²) in [5.41, 5.74) is 1.08. The Kier molecular flexibility index (Phi) is 4.15. The minimum absolute atomic E-state index is 0.0203. The summed E-state index contributed by atoms with van der Waals surface area (Å²) in [6.07, 6.45) is 0. The second kappa shape index (κ2) is 5.92. The number of carboxylic acid groups (broad SMARTS) is 1. The maximum Gasteiger partial charge on any atom is 0.362 e. The van der Waals surface area contributed by atoms with Crippen molar-refractivity contribution in [1.82, 2.24) is 15.4 Å². The summed E-state index contributed by atoms with van der Waals surface area (Å²) < 4.78 is 69.0. The highest BCUT2D eigenvalue weighted by Gasteiger charge is 2.65. The molecule has 0 fully saturated rings. The number of aromatic amines is 1. The predicted molar refractivity (Wildman–Crippen MR) is 90.9 cm³/mol. The number of nitrogens with zero attached hydrogens (tertiary/aromatic N) is 2. The van der Waals surface area contributed by atoms with Crippen LogP contribution >= 0.6 is 10.2 Å². The van der Waals surface area contributed by atoms with E-state index in [1.807, 2.05) is 0 Å². The van der Waals surface area contributed by atoms with Crippen LogP contribution in [0, 0.1) is 0 Å². The fraction of sp³-hybridized carbons (Fsp3) is 0.0625. The Morgan fingerprint density at radius 3 is 2.00 bits per heavy atom. The second-order valence-electron chi connectivity index (χ2n) is 5.77. The molecule has 150 valence electrons. The lowest BCUT2D eigenvalue weighted by atomic mass is 10.0. The van der Waals surface area contributed by atoms with Crippen molar-refractivity contribution in [3.63, 3.8) is 0 Å². The standard InChI is InChI=1S/C16H12F5N3O3S/c17-28(18,19,20,21)13-7-5-12(6-8-13)11-3-1-10(2-4-11)9-27-15-14(16(25)26)22-24-23-15/h1-8H,9H2,(H,25,26)(H,22,23,24). The Morgan fingerprint density at radius 1 is 0.964 bits per heavy atom. The molecule has 0 bridgehead atoms. The van der Waals surface area contributed by atoms with Gasteiger partial charge < -0.3 is 9.84 Å². The molecular formula is C16H12F5N3O3S. The van der Waals surface area contributed by atoms with Crippen LogP contribution in [-0.2, 0) is 6.61 Å². The van der Waals surface area contributed by atoms with Crippen molar-refractivity contribution in [2.24, 2.45) is 0 Å². The van der Waals surface area contributed by atoms with E-state index in [1.54, 1.807) is 24.3 Å². The van der Waals surface area contributed by atoms with E-state index in [-0.39, 0.29) is 18.2 Å². The molecular weight excluding hydrogens is 409 g/mol. The predicted octanol–water partition coefficient (Wildman–Crippen LogP) is 5.41. The van der Waals surface area contributed by atoms with Crippen molar-refractivity contribution in [2.45, 2.75) is 11.5 Å². The Morgan fingerprint density at radius 2 is 1.50 bits per heavy atom. The van der Waals surface area contributed by atoms with Gasteiger partial charge in [-0.3, -0.25) is 0 Å². The first-order chi connectivity index (χ1) is 12.8. The molecule has 0 atom stereocenters. The van der Waals surface area contributed by atoms with Crippen molar-refractivity contribution in [2.75, 3.05) is 0 Å². The van der Waals surface area contributed by atoms with E-state index in [4.69, 9.17) is 9.84 Å². The molecule has 28 heavy (non-hydrogen) atoms. The molecule has 0 spiro atoms. The molecule has 1 heterocycles. The Hall–Kier alpha value is -3.15. The average molecular weight is 421 g/mol. The van der Waals surface area contributed by atoms with Gasteiger partial charge in [0.15, 0.2) is 0 Å². The maximum atomic E-state index is 12.8. The lowest BCUT2D eigenvalue weighted by Gasteiger charge is -2.40. The van der Waals surface area contributed by atoms with Crippen molar-refractivity contribution >= 4 is 16.2 Å². The largest absolute Gasteiger partial charge is 0.476 e. The van der Waals surface area contributed by atoms with Crippen LogP contribution < -0.4 is 4.74 Å². The van der Waals surface area contributed by atoms with E-state index < -0.39 is 21.1 Å². The minimum atomic E-state index is -9.70. The van der Waals surface area contributed by atoms with Gasteiger partial charge in [0.2, 0.25) is 11.6 Å². The zero-order valence-electron chi connectivity index (χ0n) is 13.8. The number of hydrogen-bond acceptors (Lipinski definition) is 4. The van der Waals surface area contributed by atoms with E-state index >= 15 is 0 Å². The third kappa shape index (κ3) is 4.39. The summed E-state index contributed by atoms with van der Waals surface area (Å²) in [6, 6.07) is 8.96. The van der Waals surface area contributed by atoms with Crippen LogP contribution in [0.3, 0.4) is 0 Å². The molecule has 2 aromatic carbocycles. The van der Waals surface area contributed by atoms with Gasteiger partial charge in [-0.05, 0) is 28.8 Å². The molecule has 0 aliphatic carbocycles. The molecule has 0 unspecified atom stereocenters. The molecule has 6 nitrogen and oxygen atoms in total. The van der Waals surface area contributed by atoms with Gasteiger partial charge in [-0.2, -0.15) is 0 Å². The summed E-state index contributed by atoms with van der Waals surface area (Å²) in [7, 11) is -9.70. The molecule has 0 saturated carbocycles. The van der Waals surface area contributed by atoms with Crippen LogP contribution in [0.5, 0.6) is 5.88 Å². The summed E-state index contributed by atoms with van der Waals surface area (Å²) in [5, 5.41) is 17.9. The normalized spacial score (nSPS) is 14.2. The number of hydrogen-bond donors (Lipinski definition) is 2. The highest BCUT2D eigenvalue weighted by atomic mass is 32.5. The Bertz CT molecular complexity index is 1020. The van der Waals surface area contributed by atoms with Crippen LogP contribution in [-0.4, -0.2) is 26.5 Å². The first kappa shape index (κ1) is 19.6. The molecule has 0 amide bonds. The van der Waals surface area contributed by atoms with Gasteiger partial charge in [0.1, 0.15) is 11.5 Å². The molecule has 3 aromatic rings. The number of aromatic nitrogens is 3. The van der Waals surface area contributed by atoms with Gasteiger partial charge in [0.25, 0.3) is 0 Å². The number of carbonyl (C=O) groups is 1. The number of rotatable bonds is 6. The molecule has 0 aliphatic rings. The van der Waals surface area contributed by atoms with Crippen molar-refractivity contribution < 1.29 is 34.1 Å². The Balaban J connectivity index is 1.73. The number of nitrogens with one attached hydrogen (secondary N) is 1. The van der Waals surface area contributed by atoms with Gasteiger partial charge in [0.05, 0.1) is 0 Å². The minimum Gasteiger partial charge on any atom is -0.476 e. The van der Waals surface area contributed by atoms with E-state index in [0.717, 1.165) is 12.1 Å². The maximum absolute atomic E-state index is 12.8. The summed E-state index contributed by atoms with van der Waals surface area (Å²) in [4.78, 5) is 8.96. The molecule has 0 aliphatic heterocycles. The van der Waals surface area contributed by atoms with Crippen molar-refractivity contribution in [3.8, 4) is 17.0 Å². The van der Waals surface area contributed by atoms with Gasteiger partial charge >= 0.3 is 16.2 Å². The third-order valence-corrected chi connectivity index (χ3v) is 4.85. The lowest BCUT2D eigenvalue weighted by molar-refractivity contribution is 0.0685. The highest BCUT2D eigenvalue weighted by molar-refractivity contribution is 8.45. The molecule has 0 saturated heterocycles. The van der Waals surface area contributed by atoms with Crippen LogP contribution in [0.25, 0.3) is 11.1 Å². The quantitative estimate of drug-likeness (QED) is 0.520. The van der Waals surface area contributed by atoms with Gasteiger partial charge in [-0.15, -0.1) is 5.10 Å². The lowest BCUT2D eigenvalue weighted by Crippen LogP contribution is -2.05. The van der Waals surface area contributed by atoms with Gasteiger partial charge in [0, 0.05) is 0 Å². The fourth-order valence-corrected chi connectivity index (χ4v) is 2.96. The highest BCUT2D eigenvalue weighted by Crippen LogP contribution is 3.02. The number of halogens is 5. The first-order valence-electron chi connectivity index (χ1n) is 7.54. The van der Waals surface area contributed by atoms with Gasteiger partial charge in [-0.1, -0.05) is 61.0 Å². The molecule has 2 N–H and O–H groups in total. The van der Waals surface area contributed by atoms with Crippen LogP contribution in [0.1, 0.15) is 16.1 Å². The summed E-state index contributed by atoms with van der Waals surface area (Å²) >= 11 is 0.